The fourth-order valence-electron chi connectivity index (χ4n) is 4.76. The molecule has 0 spiro atoms. The number of methoxy groups -OCH3 is 1. The van der Waals surface area contributed by atoms with Gasteiger partial charge in [-0.3, -0.25) is 14.4 Å². The van der Waals surface area contributed by atoms with Crippen molar-refractivity contribution < 1.29 is 52.0 Å². The minimum absolute atomic E-state index is 0.0274. The van der Waals surface area contributed by atoms with E-state index in [2.05, 4.69) is 33.9 Å². The number of thioether (sulfide) groups is 1. The number of carbonyl (C=O) groups excluding carboxylic acids is 3. The van der Waals surface area contributed by atoms with E-state index in [0.717, 1.165) is 4.90 Å². The molecule has 0 aromatic heterocycles. The van der Waals surface area contributed by atoms with E-state index in [-0.39, 0.29) is 11.6 Å². The summed E-state index contributed by atoms with van der Waals surface area (Å²) in [4.78, 5) is 37.7. The summed E-state index contributed by atoms with van der Waals surface area (Å²) in [5.41, 5.74) is -0.531. The van der Waals surface area contributed by atoms with Gasteiger partial charge in [-0.25, -0.2) is 0 Å². The van der Waals surface area contributed by atoms with Crippen molar-refractivity contribution in [2.24, 2.45) is 0 Å². The summed E-state index contributed by atoms with van der Waals surface area (Å²) in [5, 5.41) is -0.158. The van der Waals surface area contributed by atoms with E-state index in [1.807, 2.05) is 30.3 Å². The molecule has 2 heterocycles. The number of hydrogen-bond donors (Lipinski definition) is 0. The Balaban J connectivity index is 1.98. The predicted molar refractivity (Wildman–Crippen MR) is 161 cm³/mol. The van der Waals surface area contributed by atoms with Crippen LogP contribution in [0.5, 0.6) is 0 Å². The van der Waals surface area contributed by atoms with Crippen molar-refractivity contribution in [3.8, 4) is 0 Å². The third-order valence-corrected chi connectivity index (χ3v) is 13.5. The minimum Gasteiger partial charge on any atom is -0.457 e. The smallest absolute Gasteiger partial charge is 0.303 e. The highest BCUT2D eigenvalue weighted by Gasteiger charge is 2.55. The van der Waals surface area contributed by atoms with Crippen LogP contribution in [0.3, 0.4) is 0 Å². The Morgan fingerprint density at radius 1 is 0.860 bits per heavy atom. The van der Waals surface area contributed by atoms with Gasteiger partial charge >= 0.3 is 17.9 Å². The lowest BCUT2D eigenvalue weighted by atomic mass is 9.98. The summed E-state index contributed by atoms with van der Waals surface area (Å²) in [5.74, 6) is -1.72. The number of hydrogen-bond acceptors (Lipinski definition) is 12. The summed E-state index contributed by atoms with van der Waals surface area (Å²) < 4.78 is 48.6. The lowest BCUT2D eigenvalue weighted by Crippen LogP contribution is -2.65. The Morgan fingerprint density at radius 2 is 1.44 bits per heavy atom. The van der Waals surface area contributed by atoms with Crippen LogP contribution in [0.1, 0.15) is 48.5 Å². The Hall–Kier alpha value is -2.00. The van der Waals surface area contributed by atoms with E-state index in [0.29, 0.717) is 0 Å². The minimum atomic E-state index is -2.40. The molecule has 13 heteroatoms. The molecule has 1 aromatic rings. The summed E-state index contributed by atoms with van der Waals surface area (Å²) in [7, 11) is -0.891. The largest absolute Gasteiger partial charge is 0.457 e. The highest BCUT2D eigenvalue weighted by atomic mass is 32.2. The van der Waals surface area contributed by atoms with Crippen molar-refractivity contribution in [2.45, 2.75) is 126 Å². The molecular formula is C30H46O11SSi. The molecule has 0 unspecified atom stereocenters. The molecule has 2 fully saturated rings. The van der Waals surface area contributed by atoms with E-state index < -0.39 is 80.7 Å². The molecule has 2 aliphatic heterocycles. The topological polar surface area (TPSA) is 125 Å². The van der Waals surface area contributed by atoms with Crippen LogP contribution in [-0.4, -0.2) is 94.4 Å². The summed E-state index contributed by atoms with van der Waals surface area (Å²) in [6.07, 6.45) is -7.30. The van der Waals surface area contributed by atoms with E-state index in [1.165, 1.54) is 39.6 Å². The number of benzene rings is 1. The van der Waals surface area contributed by atoms with E-state index in [9.17, 15) is 14.4 Å². The zero-order valence-corrected chi connectivity index (χ0v) is 28.5. The normalized spacial score (nSPS) is 31.6. The van der Waals surface area contributed by atoms with Gasteiger partial charge in [-0.1, -0.05) is 50.7 Å². The fraction of sp³-hybridized carbons (Fsp3) is 0.700. The first-order chi connectivity index (χ1) is 20.0. The zero-order valence-electron chi connectivity index (χ0n) is 26.7. The molecule has 0 bridgehead atoms. The first-order valence-corrected chi connectivity index (χ1v) is 18.2. The molecule has 0 aliphatic carbocycles. The molecule has 0 radical (unpaired) electrons. The standard InChI is InChI=1S/C30H46O11SSi/c1-17-23(41-43(9,10)30(5,6)7)25(38-19(3)32)26(39-20(4)33)28(36-17)40-24-22(37-18(2)31)16-35-29(27(24)34-8)42-21-14-12-11-13-15-21/h11-15,17,22-29H,16H2,1-10H3/t17-,22+,23+,24+,25+,26+,27+,28+,29+/m1/s1. The van der Waals surface area contributed by atoms with E-state index >= 15 is 0 Å². The van der Waals surface area contributed by atoms with Gasteiger partial charge in [-0.15, -0.1) is 0 Å². The van der Waals surface area contributed by atoms with Gasteiger partial charge in [-0.05, 0) is 37.2 Å². The lowest BCUT2D eigenvalue weighted by Gasteiger charge is -2.50. The summed E-state index contributed by atoms with van der Waals surface area (Å²) >= 11 is 1.44. The third-order valence-electron chi connectivity index (χ3n) is 7.83. The van der Waals surface area contributed by atoms with Crippen LogP contribution in [0.4, 0.5) is 0 Å². The van der Waals surface area contributed by atoms with Gasteiger partial charge in [0.2, 0.25) is 0 Å². The quantitative estimate of drug-likeness (QED) is 0.203. The Morgan fingerprint density at radius 3 is 1.98 bits per heavy atom. The van der Waals surface area contributed by atoms with Crippen LogP contribution < -0.4 is 0 Å². The number of esters is 3. The van der Waals surface area contributed by atoms with Gasteiger partial charge in [0.1, 0.15) is 23.7 Å². The van der Waals surface area contributed by atoms with Crippen LogP contribution in [-0.2, 0) is 52.0 Å². The van der Waals surface area contributed by atoms with Crippen molar-refractivity contribution in [2.75, 3.05) is 13.7 Å². The molecule has 0 amide bonds. The van der Waals surface area contributed by atoms with Crippen LogP contribution in [0.2, 0.25) is 18.1 Å². The van der Waals surface area contributed by atoms with Gasteiger partial charge in [-0.2, -0.15) is 0 Å². The van der Waals surface area contributed by atoms with Gasteiger partial charge < -0.3 is 37.6 Å². The maximum atomic E-state index is 12.4. The van der Waals surface area contributed by atoms with Crippen LogP contribution in [0.25, 0.3) is 0 Å². The Kier molecular flexibility index (Phi) is 12.3. The van der Waals surface area contributed by atoms with Crippen molar-refractivity contribution >= 4 is 38.0 Å². The maximum Gasteiger partial charge on any atom is 0.303 e. The third kappa shape index (κ3) is 9.25. The predicted octanol–water partition coefficient (Wildman–Crippen LogP) is 4.47. The molecule has 3 rings (SSSR count). The van der Waals surface area contributed by atoms with Crippen LogP contribution in [0, 0.1) is 0 Å². The average molecular weight is 643 g/mol. The Bertz CT molecular complexity index is 1100. The average Bonchev–Trinajstić information content (AvgIpc) is 2.89. The summed E-state index contributed by atoms with van der Waals surface area (Å²) in [6.45, 7) is 16.1. The molecule has 11 nitrogen and oxygen atoms in total. The number of rotatable bonds is 10. The first-order valence-electron chi connectivity index (χ1n) is 14.4. The first kappa shape index (κ1) is 35.5. The molecular weight excluding hydrogens is 596 g/mol. The van der Waals surface area contributed by atoms with E-state index in [4.69, 9.17) is 37.6 Å². The number of carbonyl (C=O) groups is 3. The molecule has 2 aliphatic rings. The SMILES string of the molecule is CO[C@H]1[C@@H](O[C@@H]2O[C@H](C)[C@H](O[Si](C)(C)C(C)(C)C)[C@H](OC(C)=O)[C@@H]2OC(C)=O)[C@@H](OC(C)=O)CO[C@H]1Sc1ccccc1. The highest BCUT2D eigenvalue weighted by Crippen LogP contribution is 2.41. The fourth-order valence-corrected chi connectivity index (χ4v) is 7.25. The highest BCUT2D eigenvalue weighted by molar-refractivity contribution is 7.99. The molecule has 2 saturated heterocycles. The van der Waals surface area contributed by atoms with Crippen LogP contribution >= 0.6 is 11.8 Å². The monoisotopic (exact) mass is 642 g/mol. The van der Waals surface area contributed by atoms with E-state index in [1.54, 1.807) is 6.92 Å². The second-order valence-electron chi connectivity index (χ2n) is 12.3. The van der Waals surface area contributed by atoms with Crippen LogP contribution in [0.15, 0.2) is 35.2 Å². The molecule has 1 aromatic carbocycles. The van der Waals surface area contributed by atoms with Crippen molar-refractivity contribution in [3.63, 3.8) is 0 Å². The summed E-state index contributed by atoms with van der Waals surface area (Å²) in [6, 6.07) is 9.65. The molecule has 0 N–H and O–H groups in total. The van der Waals surface area contributed by atoms with Crippen molar-refractivity contribution in [1.82, 2.24) is 0 Å². The molecule has 0 saturated carbocycles. The molecule has 9 atom stereocenters. The second-order valence-corrected chi connectivity index (χ2v) is 18.2. The van der Waals surface area contributed by atoms with Crippen molar-refractivity contribution in [3.05, 3.63) is 30.3 Å². The second kappa shape index (κ2) is 14.9. The van der Waals surface area contributed by atoms with Gasteiger partial charge in [0.15, 0.2) is 32.9 Å². The van der Waals surface area contributed by atoms with Gasteiger partial charge in [0, 0.05) is 32.8 Å². The molecule has 242 valence electrons. The molecule has 43 heavy (non-hydrogen) atoms. The lowest BCUT2D eigenvalue weighted by molar-refractivity contribution is -0.329. The number of ether oxygens (including phenoxy) is 7. The Labute approximate surface area is 259 Å². The maximum absolute atomic E-state index is 12.4. The zero-order chi connectivity index (χ0) is 32.1. The van der Waals surface area contributed by atoms with Crippen molar-refractivity contribution in [1.29, 1.82) is 0 Å². The van der Waals surface area contributed by atoms with Gasteiger partial charge in [0.25, 0.3) is 0 Å². The van der Waals surface area contributed by atoms with Gasteiger partial charge in [0.05, 0.1) is 12.7 Å².